The molecular formula is C20H25NO4. The summed E-state index contributed by atoms with van der Waals surface area (Å²) in [5, 5.41) is 0. The van der Waals surface area contributed by atoms with Gasteiger partial charge in [0.15, 0.2) is 11.5 Å². The van der Waals surface area contributed by atoms with Gasteiger partial charge in [0.05, 0.1) is 20.8 Å². The van der Waals surface area contributed by atoms with Crippen LogP contribution in [0.3, 0.4) is 0 Å². The Hall–Kier alpha value is -2.69. The first-order valence-corrected chi connectivity index (χ1v) is 8.26. The molecule has 0 unspecified atom stereocenters. The summed E-state index contributed by atoms with van der Waals surface area (Å²) < 4.78 is 16.1. The number of para-hydroxylation sites is 1. The van der Waals surface area contributed by atoms with Gasteiger partial charge in [-0.05, 0) is 36.2 Å². The number of amides is 1. The Morgan fingerprint density at radius 2 is 1.72 bits per heavy atom. The third-order valence-corrected chi connectivity index (χ3v) is 3.84. The number of ether oxygens (including phenoxy) is 3. The number of hydrogen-bond acceptors (Lipinski definition) is 4. The summed E-state index contributed by atoms with van der Waals surface area (Å²) in [4.78, 5) is 14.0. The number of nitrogens with zero attached hydrogens (tertiary/aromatic N) is 1. The van der Waals surface area contributed by atoms with Crippen molar-refractivity contribution in [2.75, 3.05) is 27.9 Å². The molecule has 0 saturated heterocycles. The molecular weight excluding hydrogens is 318 g/mol. The van der Waals surface area contributed by atoms with Crippen LogP contribution in [-0.2, 0) is 11.3 Å². The molecule has 0 aromatic heterocycles. The van der Waals surface area contributed by atoms with Crippen molar-refractivity contribution >= 4 is 5.91 Å². The van der Waals surface area contributed by atoms with E-state index in [1.54, 1.807) is 26.2 Å². The maximum Gasteiger partial charge on any atom is 0.222 e. The quantitative estimate of drug-likeness (QED) is 0.654. The van der Waals surface area contributed by atoms with E-state index in [4.69, 9.17) is 14.2 Å². The first-order chi connectivity index (χ1) is 12.1. The monoisotopic (exact) mass is 343 g/mol. The van der Waals surface area contributed by atoms with Crippen LogP contribution in [-0.4, -0.2) is 38.7 Å². The van der Waals surface area contributed by atoms with Crippen LogP contribution >= 0.6 is 0 Å². The second kappa shape index (κ2) is 9.57. The molecule has 134 valence electrons. The molecule has 2 aromatic carbocycles. The average molecular weight is 343 g/mol. The lowest BCUT2D eigenvalue weighted by Crippen LogP contribution is -2.26. The number of carbonyl (C=O) groups excluding carboxylic acids is 1. The smallest absolute Gasteiger partial charge is 0.222 e. The van der Waals surface area contributed by atoms with E-state index in [0.717, 1.165) is 11.3 Å². The summed E-state index contributed by atoms with van der Waals surface area (Å²) in [6, 6.07) is 15.3. The van der Waals surface area contributed by atoms with Gasteiger partial charge in [-0.15, -0.1) is 0 Å². The van der Waals surface area contributed by atoms with E-state index in [1.165, 1.54) is 0 Å². The van der Waals surface area contributed by atoms with Crippen molar-refractivity contribution in [2.45, 2.75) is 19.4 Å². The van der Waals surface area contributed by atoms with Crippen molar-refractivity contribution in [1.82, 2.24) is 4.90 Å². The molecule has 0 heterocycles. The fourth-order valence-electron chi connectivity index (χ4n) is 2.46. The summed E-state index contributed by atoms with van der Waals surface area (Å²) in [5.41, 5.74) is 0.994. The third-order valence-electron chi connectivity index (χ3n) is 3.84. The summed E-state index contributed by atoms with van der Waals surface area (Å²) in [6.45, 7) is 1.05. The van der Waals surface area contributed by atoms with Crippen molar-refractivity contribution in [3.05, 3.63) is 54.1 Å². The molecule has 0 spiro atoms. The van der Waals surface area contributed by atoms with E-state index >= 15 is 0 Å². The summed E-state index contributed by atoms with van der Waals surface area (Å²) in [7, 11) is 5.00. The van der Waals surface area contributed by atoms with Crippen molar-refractivity contribution < 1.29 is 19.0 Å². The SMILES string of the molecule is COc1ccc(CN(C)C(=O)CCCOc2ccccc2)cc1OC. The Labute approximate surface area is 149 Å². The average Bonchev–Trinajstić information content (AvgIpc) is 2.65. The molecule has 0 saturated carbocycles. The van der Waals surface area contributed by atoms with Gasteiger partial charge in [-0.25, -0.2) is 0 Å². The van der Waals surface area contributed by atoms with Crippen molar-refractivity contribution in [1.29, 1.82) is 0 Å². The molecule has 0 aliphatic heterocycles. The second-order valence-corrected chi connectivity index (χ2v) is 5.70. The maximum atomic E-state index is 12.3. The van der Waals surface area contributed by atoms with E-state index in [1.807, 2.05) is 48.5 Å². The third kappa shape index (κ3) is 5.71. The van der Waals surface area contributed by atoms with Gasteiger partial charge >= 0.3 is 0 Å². The summed E-state index contributed by atoms with van der Waals surface area (Å²) >= 11 is 0. The van der Waals surface area contributed by atoms with E-state index in [2.05, 4.69) is 0 Å². The lowest BCUT2D eigenvalue weighted by molar-refractivity contribution is -0.130. The minimum atomic E-state index is 0.0893. The molecule has 5 heteroatoms. The van der Waals surface area contributed by atoms with Gasteiger partial charge in [0, 0.05) is 20.0 Å². The maximum absolute atomic E-state index is 12.3. The molecule has 0 aliphatic carbocycles. The predicted octanol–water partition coefficient (Wildman–Crippen LogP) is 3.52. The zero-order valence-electron chi connectivity index (χ0n) is 15.0. The van der Waals surface area contributed by atoms with Gasteiger partial charge in [-0.1, -0.05) is 24.3 Å². The number of hydrogen-bond donors (Lipinski definition) is 0. The van der Waals surface area contributed by atoms with Crippen LogP contribution in [0.15, 0.2) is 48.5 Å². The fourth-order valence-corrected chi connectivity index (χ4v) is 2.46. The number of carbonyl (C=O) groups is 1. The number of methoxy groups -OCH3 is 2. The van der Waals surface area contributed by atoms with Gasteiger partial charge in [-0.2, -0.15) is 0 Å². The van der Waals surface area contributed by atoms with Gasteiger partial charge in [0.25, 0.3) is 0 Å². The molecule has 1 amide bonds. The number of benzene rings is 2. The topological polar surface area (TPSA) is 48.0 Å². The van der Waals surface area contributed by atoms with Gasteiger partial charge in [-0.3, -0.25) is 4.79 Å². The highest BCUT2D eigenvalue weighted by molar-refractivity contribution is 5.75. The minimum Gasteiger partial charge on any atom is -0.494 e. The highest BCUT2D eigenvalue weighted by Gasteiger charge is 2.11. The molecule has 5 nitrogen and oxygen atoms in total. The largest absolute Gasteiger partial charge is 0.494 e. The molecule has 0 bridgehead atoms. The first kappa shape index (κ1) is 18.6. The first-order valence-electron chi connectivity index (χ1n) is 8.26. The van der Waals surface area contributed by atoms with Crippen LogP contribution in [0.25, 0.3) is 0 Å². The van der Waals surface area contributed by atoms with E-state index in [9.17, 15) is 4.79 Å². The predicted molar refractivity (Wildman–Crippen MR) is 97.2 cm³/mol. The Morgan fingerprint density at radius 1 is 1.00 bits per heavy atom. The Balaban J connectivity index is 1.78. The van der Waals surface area contributed by atoms with Crippen LogP contribution in [0.1, 0.15) is 18.4 Å². The Bertz CT molecular complexity index is 673. The van der Waals surface area contributed by atoms with Crippen LogP contribution in [0.5, 0.6) is 17.2 Å². The Morgan fingerprint density at radius 3 is 2.40 bits per heavy atom. The van der Waals surface area contributed by atoms with Crippen LogP contribution in [0, 0.1) is 0 Å². The highest BCUT2D eigenvalue weighted by atomic mass is 16.5. The molecule has 0 fully saturated rings. The Kier molecular flexibility index (Phi) is 7.14. The zero-order valence-corrected chi connectivity index (χ0v) is 15.0. The molecule has 25 heavy (non-hydrogen) atoms. The lowest BCUT2D eigenvalue weighted by Gasteiger charge is -2.18. The molecule has 0 atom stereocenters. The molecule has 0 radical (unpaired) electrons. The summed E-state index contributed by atoms with van der Waals surface area (Å²) in [6.07, 6.45) is 1.14. The number of rotatable bonds is 9. The molecule has 2 aromatic rings. The van der Waals surface area contributed by atoms with Gasteiger partial charge in [0.2, 0.25) is 5.91 Å². The van der Waals surface area contributed by atoms with Crippen LogP contribution in [0.2, 0.25) is 0 Å². The normalized spacial score (nSPS) is 10.2. The molecule has 2 rings (SSSR count). The lowest BCUT2D eigenvalue weighted by atomic mass is 10.2. The van der Waals surface area contributed by atoms with Crippen molar-refractivity contribution in [2.24, 2.45) is 0 Å². The molecule has 0 aliphatic rings. The van der Waals surface area contributed by atoms with E-state index < -0.39 is 0 Å². The zero-order chi connectivity index (χ0) is 18.1. The highest BCUT2D eigenvalue weighted by Crippen LogP contribution is 2.28. The van der Waals surface area contributed by atoms with Crippen molar-refractivity contribution in [3.8, 4) is 17.2 Å². The summed E-state index contributed by atoms with van der Waals surface area (Å²) in [5.74, 6) is 2.26. The van der Waals surface area contributed by atoms with Gasteiger partial charge in [0.1, 0.15) is 5.75 Å². The van der Waals surface area contributed by atoms with Gasteiger partial charge < -0.3 is 19.1 Å². The molecule has 0 N–H and O–H groups in total. The fraction of sp³-hybridized carbons (Fsp3) is 0.350. The van der Waals surface area contributed by atoms with E-state index in [-0.39, 0.29) is 5.91 Å². The standard InChI is InChI=1S/C20H25NO4/c1-21(15-16-11-12-18(23-2)19(14-16)24-3)20(22)10-7-13-25-17-8-5-4-6-9-17/h4-6,8-9,11-12,14H,7,10,13,15H2,1-3H3. The van der Waals surface area contributed by atoms with E-state index in [0.29, 0.717) is 37.5 Å². The van der Waals surface area contributed by atoms with Crippen molar-refractivity contribution in [3.63, 3.8) is 0 Å². The minimum absolute atomic E-state index is 0.0893. The van der Waals surface area contributed by atoms with Crippen LogP contribution in [0.4, 0.5) is 0 Å². The second-order valence-electron chi connectivity index (χ2n) is 5.70. The van der Waals surface area contributed by atoms with Crippen LogP contribution < -0.4 is 14.2 Å².